The quantitative estimate of drug-likeness (QED) is 0.755. The highest BCUT2D eigenvalue weighted by Crippen LogP contribution is 2.34. The third kappa shape index (κ3) is 4.40. The zero-order chi connectivity index (χ0) is 21.1. The summed E-state index contributed by atoms with van der Waals surface area (Å²) in [6.45, 7) is 0.727. The molecule has 1 amide bonds. The third-order valence-corrected chi connectivity index (χ3v) is 7.42. The highest BCUT2D eigenvalue weighted by atomic mass is 35.5. The molecule has 2 aromatic rings. The fourth-order valence-electron chi connectivity index (χ4n) is 3.70. The number of halogens is 1. The number of hydrogen-bond acceptors (Lipinski definition) is 5. The van der Waals surface area contributed by atoms with Crippen molar-refractivity contribution in [3.63, 3.8) is 0 Å². The van der Waals surface area contributed by atoms with E-state index in [1.807, 2.05) is 0 Å². The number of sulfonamides is 1. The first-order chi connectivity index (χ1) is 14.4. The van der Waals surface area contributed by atoms with E-state index in [9.17, 15) is 13.2 Å². The molecule has 0 radical (unpaired) electrons. The molecule has 7 nitrogen and oxygen atoms in total. The second-order valence-electron chi connectivity index (χ2n) is 7.35. The highest BCUT2D eigenvalue weighted by molar-refractivity contribution is 7.89. The molecule has 1 fully saturated rings. The van der Waals surface area contributed by atoms with Crippen molar-refractivity contribution in [2.75, 3.05) is 13.3 Å². The maximum Gasteiger partial charge on any atom is 0.244 e. The smallest absolute Gasteiger partial charge is 0.244 e. The van der Waals surface area contributed by atoms with Gasteiger partial charge in [0.25, 0.3) is 0 Å². The Hall–Kier alpha value is -2.29. The number of carbonyl (C=O) groups excluding carboxylic acids is 1. The Labute approximate surface area is 181 Å². The molecule has 2 aliphatic heterocycles. The predicted octanol–water partition coefficient (Wildman–Crippen LogP) is 3.32. The fourth-order valence-corrected chi connectivity index (χ4v) is 5.43. The van der Waals surface area contributed by atoms with Gasteiger partial charge in [-0.2, -0.15) is 4.31 Å². The van der Waals surface area contributed by atoms with Gasteiger partial charge in [-0.3, -0.25) is 4.79 Å². The molecule has 1 unspecified atom stereocenters. The SMILES string of the molecule is O=C1NCCCCCC1N(Cc1ccc2c(c1)OCO2)S(=O)(=O)c1ccc(Cl)cc1. The van der Waals surface area contributed by atoms with Crippen molar-refractivity contribution in [3.05, 3.63) is 53.1 Å². The summed E-state index contributed by atoms with van der Waals surface area (Å²) in [7, 11) is -3.95. The van der Waals surface area contributed by atoms with E-state index in [0.717, 1.165) is 19.3 Å². The Balaban J connectivity index is 1.71. The molecule has 1 saturated heterocycles. The predicted molar refractivity (Wildman–Crippen MR) is 112 cm³/mol. The number of benzene rings is 2. The summed E-state index contributed by atoms with van der Waals surface area (Å²) in [4.78, 5) is 12.9. The van der Waals surface area contributed by atoms with Crippen LogP contribution in [0.4, 0.5) is 0 Å². The first-order valence-electron chi connectivity index (χ1n) is 9.89. The number of fused-ring (bicyclic) bond motifs is 1. The van der Waals surface area contributed by atoms with E-state index in [1.54, 1.807) is 18.2 Å². The molecule has 160 valence electrons. The van der Waals surface area contributed by atoms with Crippen LogP contribution in [-0.2, 0) is 21.4 Å². The van der Waals surface area contributed by atoms with Crippen molar-refractivity contribution in [1.29, 1.82) is 0 Å². The largest absolute Gasteiger partial charge is 0.454 e. The van der Waals surface area contributed by atoms with E-state index in [4.69, 9.17) is 21.1 Å². The summed E-state index contributed by atoms with van der Waals surface area (Å²) in [5, 5.41) is 3.31. The lowest BCUT2D eigenvalue weighted by Gasteiger charge is -2.31. The molecule has 0 aliphatic carbocycles. The van der Waals surface area contributed by atoms with Crippen molar-refractivity contribution in [1.82, 2.24) is 9.62 Å². The van der Waals surface area contributed by atoms with Crippen LogP contribution in [0.2, 0.25) is 5.02 Å². The molecule has 1 atom stereocenters. The van der Waals surface area contributed by atoms with Crippen LogP contribution in [0.3, 0.4) is 0 Å². The van der Waals surface area contributed by atoms with Crippen LogP contribution in [0.15, 0.2) is 47.4 Å². The van der Waals surface area contributed by atoms with Crippen molar-refractivity contribution < 1.29 is 22.7 Å². The third-order valence-electron chi connectivity index (χ3n) is 5.30. The summed E-state index contributed by atoms with van der Waals surface area (Å²) in [5.41, 5.74) is 0.714. The molecule has 0 aromatic heterocycles. The van der Waals surface area contributed by atoms with E-state index < -0.39 is 16.1 Å². The minimum atomic E-state index is -3.95. The molecule has 0 bridgehead atoms. The van der Waals surface area contributed by atoms with Gasteiger partial charge >= 0.3 is 0 Å². The highest BCUT2D eigenvalue weighted by Gasteiger charge is 2.36. The maximum absolute atomic E-state index is 13.6. The lowest BCUT2D eigenvalue weighted by molar-refractivity contribution is -0.125. The summed E-state index contributed by atoms with van der Waals surface area (Å²) < 4.78 is 39.2. The number of ether oxygens (including phenoxy) is 2. The molecule has 30 heavy (non-hydrogen) atoms. The Bertz CT molecular complexity index is 1030. The standard InChI is InChI=1S/C21H23ClN2O5S/c22-16-6-8-17(9-7-16)30(26,27)24(18-4-2-1-3-11-23-21(18)25)13-15-5-10-19-20(12-15)29-14-28-19/h5-10,12,18H,1-4,11,13-14H2,(H,23,25). The van der Waals surface area contributed by atoms with E-state index in [2.05, 4.69) is 5.32 Å². The van der Waals surface area contributed by atoms with E-state index in [1.165, 1.54) is 28.6 Å². The molecular weight excluding hydrogens is 428 g/mol. The van der Waals surface area contributed by atoms with Gasteiger partial charge in [-0.1, -0.05) is 30.5 Å². The van der Waals surface area contributed by atoms with Gasteiger partial charge in [0, 0.05) is 18.1 Å². The van der Waals surface area contributed by atoms with Gasteiger partial charge in [0.05, 0.1) is 4.90 Å². The summed E-state index contributed by atoms with van der Waals surface area (Å²) in [6.07, 6.45) is 3.08. The van der Waals surface area contributed by atoms with Crippen molar-refractivity contribution in [2.45, 2.75) is 43.2 Å². The number of rotatable bonds is 5. The van der Waals surface area contributed by atoms with Gasteiger partial charge in [-0.25, -0.2) is 8.42 Å². The Kier molecular flexibility index (Phi) is 6.17. The first kappa shape index (κ1) is 21.0. The molecule has 0 saturated carbocycles. The molecule has 2 aliphatic rings. The van der Waals surface area contributed by atoms with Crippen molar-refractivity contribution >= 4 is 27.5 Å². The zero-order valence-electron chi connectivity index (χ0n) is 16.3. The van der Waals surface area contributed by atoms with E-state index >= 15 is 0 Å². The summed E-state index contributed by atoms with van der Waals surface area (Å²) >= 11 is 5.94. The average molecular weight is 451 g/mol. The molecule has 2 aromatic carbocycles. The number of nitrogens with one attached hydrogen (secondary N) is 1. The lowest BCUT2D eigenvalue weighted by Crippen LogP contribution is -2.50. The molecule has 1 N–H and O–H groups in total. The maximum atomic E-state index is 13.6. The zero-order valence-corrected chi connectivity index (χ0v) is 17.9. The minimum Gasteiger partial charge on any atom is -0.454 e. The number of carbonyl (C=O) groups is 1. The minimum absolute atomic E-state index is 0.0414. The Morgan fingerprint density at radius 1 is 1.03 bits per heavy atom. The van der Waals surface area contributed by atoms with Crippen LogP contribution in [0.25, 0.3) is 0 Å². The van der Waals surface area contributed by atoms with Gasteiger partial charge in [-0.15, -0.1) is 0 Å². The molecule has 4 rings (SSSR count). The molecular formula is C21H23ClN2O5S. The fraction of sp³-hybridized carbons (Fsp3) is 0.381. The monoisotopic (exact) mass is 450 g/mol. The number of nitrogens with zero attached hydrogens (tertiary/aromatic N) is 1. The average Bonchev–Trinajstić information content (AvgIpc) is 3.18. The van der Waals surface area contributed by atoms with Crippen molar-refractivity contribution in [3.8, 4) is 11.5 Å². The van der Waals surface area contributed by atoms with Crippen LogP contribution in [-0.4, -0.2) is 38.0 Å². The first-order valence-corrected chi connectivity index (χ1v) is 11.7. The Morgan fingerprint density at radius 3 is 2.60 bits per heavy atom. The van der Waals surface area contributed by atoms with E-state index in [0.29, 0.717) is 35.1 Å². The second kappa shape index (κ2) is 8.83. The van der Waals surface area contributed by atoms with Gasteiger partial charge in [0.1, 0.15) is 6.04 Å². The van der Waals surface area contributed by atoms with Crippen LogP contribution in [0.1, 0.15) is 31.2 Å². The summed E-state index contributed by atoms with van der Waals surface area (Å²) in [6, 6.07) is 10.5. The van der Waals surface area contributed by atoms with Crippen LogP contribution in [0.5, 0.6) is 11.5 Å². The van der Waals surface area contributed by atoms with Crippen molar-refractivity contribution in [2.24, 2.45) is 0 Å². The topological polar surface area (TPSA) is 84.9 Å². The number of amides is 1. The van der Waals surface area contributed by atoms with E-state index in [-0.39, 0.29) is 24.1 Å². The normalized spacial score (nSPS) is 19.3. The van der Waals surface area contributed by atoms with Gasteiger partial charge < -0.3 is 14.8 Å². The summed E-state index contributed by atoms with van der Waals surface area (Å²) in [5.74, 6) is 0.918. The molecule has 0 spiro atoms. The number of hydrogen-bond donors (Lipinski definition) is 1. The van der Waals surface area contributed by atoms with Crippen LogP contribution >= 0.6 is 11.6 Å². The van der Waals surface area contributed by atoms with Crippen LogP contribution < -0.4 is 14.8 Å². The Morgan fingerprint density at radius 2 is 1.80 bits per heavy atom. The van der Waals surface area contributed by atoms with Gasteiger partial charge in [0.2, 0.25) is 22.7 Å². The lowest BCUT2D eigenvalue weighted by atomic mass is 10.0. The van der Waals surface area contributed by atoms with Crippen LogP contribution in [0, 0.1) is 0 Å². The molecule has 9 heteroatoms. The van der Waals surface area contributed by atoms with Gasteiger partial charge in [-0.05, 0) is 54.8 Å². The van der Waals surface area contributed by atoms with Gasteiger partial charge in [0.15, 0.2) is 11.5 Å². The second-order valence-corrected chi connectivity index (χ2v) is 9.67. The molecule has 2 heterocycles.